The second-order valence-corrected chi connectivity index (χ2v) is 5.63. The van der Waals surface area contributed by atoms with Crippen LogP contribution in [-0.2, 0) is 11.5 Å². The Morgan fingerprint density at radius 3 is 2.60 bits per heavy atom. The lowest BCUT2D eigenvalue weighted by Gasteiger charge is -2.03. The SMILES string of the molecule is Cc1cc(C)cc(CSCc2cc(C(=O)NN)no2)c1. The van der Waals surface area contributed by atoms with Gasteiger partial charge < -0.3 is 4.52 Å². The number of amides is 1. The molecular weight excluding hydrogens is 274 g/mol. The van der Waals surface area contributed by atoms with E-state index >= 15 is 0 Å². The van der Waals surface area contributed by atoms with E-state index in [1.807, 2.05) is 5.43 Å². The number of aromatic nitrogens is 1. The van der Waals surface area contributed by atoms with Crippen molar-refractivity contribution in [1.82, 2.24) is 10.6 Å². The molecule has 6 heteroatoms. The summed E-state index contributed by atoms with van der Waals surface area (Å²) in [5.74, 6) is 6.81. The topological polar surface area (TPSA) is 81.2 Å². The number of hydrogen-bond acceptors (Lipinski definition) is 5. The number of nitrogens with two attached hydrogens (primary N) is 1. The molecule has 2 aromatic rings. The molecule has 0 saturated carbocycles. The minimum absolute atomic E-state index is 0.203. The van der Waals surface area contributed by atoms with E-state index in [-0.39, 0.29) is 5.69 Å². The first-order valence-corrected chi connectivity index (χ1v) is 7.35. The second-order valence-electron chi connectivity index (χ2n) is 4.64. The van der Waals surface area contributed by atoms with E-state index in [2.05, 4.69) is 37.2 Å². The molecule has 0 bridgehead atoms. The van der Waals surface area contributed by atoms with Gasteiger partial charge >= 0.3 is 0 Å². The number of nitrogens with zero attached hydrogens (tertiary/aromatic N) is 1. The third-order valence-electron chi connectivity index (χ3n) is 2.72. The number of aryl methyl sites for hydroxylation is 2. The Balaban J connectivity index is 1.89. The van der Waals surface area contributed by atoms with Crippen LogP contribution in [0.5, 0.6) is 0 Å². The lowest BCUT2D eigenvalue weighted by atomic mass is 10.1. The van der Waals surface area contributed by atoms with Gasteiger partial charge in [0.15, 0.2) is 5.69 Å². The lowest BCUT2D eigenvalue weighted by molar-refractivity contribution is 0.0944. The molecule has 5 nitrogen and oxygen atoms in total. The highest BCUT2D eigenvalue weighted by atomic mass is 32.2. The van der Waals surface area contributed by atoms with Crippen LogP contribution in [0.2, 0.25) is 0 Å². The number of nitrogens with one attached hydrogen (secondary N) is 1. The molecule has 0 aliphatic heterocycles. The van der Waals surface area contributed by atoms with Gasteiger partial charge in [-0.05, 0) is 19.4 Å². The van der Waals surface area contributed by atoms with Crippen LogP contribution in [0.3, 0.4) is 0 Å². The molecule has 106 valence electrons. The van der Waals surface area contributed by atoms with Gasteiger partial charge in [-0.15, -0.1) is 11.8 Å². The zero-order valence-corrected chi connectivity index (χ0v) is 12.3. The maximum Gasteiger partial charge on any atom is 0.287 e. The maximum atomic E-state index is 11.2. The third-order valence-corrected chi connectivity index (χ3v) is 3.74. The number of carbonyl (C=O) groups is 1. The van der Waals surface area contributed by atoms with Gasteiger partial charge in [0.25, 0.3) is 5.91 Å². The zero-order chi connectivity index (χ0) is 14.5. The van der Waals surface area contributed by atoms with Crippen molar-refractivity contribution in [3.63, 3.8) is 0 Å². The molecule has 0 aliphatic rings. The number of nitrogen functional groups attached to an aromatic ring is 1. The highest BCUT2D eigenvalue weighted by Crippen LogP contribution is 2.20. The summed E-state index contributed by atoms with van der Waals surface area (Å²) < 4.78 is 5.09. The molecule has 2 rings (SSSR count). The predicted molar refractivity (Wildman–Crippen MR) is 79.1 cm³/mol. The van der Waals surface area contributed by atoms with Gasteiger partial charge in [0.2, 0.25) is 0 Å². The normalized spacial score (nSPS) is 10.6. The molecule has 1 heterocycles. The first kappa shape index (κ1) is 14.6. The summed E-state index contributed by atoms with van der Waals surface area (Å²) in [6.45, 7) is 4.19. The number of thioether (sulfide) groups is 1. The molecule has 0 saturated heterocycles. The van der Waals surface area contributed by atoms with E-state index in [0.29, 0.717) is 11.5 Å². The van der Waals surface area contributed by atoms with Gasteiger partial charge in [-0.25, -0.2) is 5.84 Å². The van der Waals surface area contributed by atoms with E-state index in [9.17, 15) is 4.79 Å². The first-order valence-electron chi connectivity index (χ1n) is 6.20. The molecule has 0 aliphatic carbocycles. The summed E-state index contributed by atoms with van der Waals surface area (Å²) in [5.41, 5.74) is 6.04. The van der Waals surface area contributed by atoms with Crippen LogP contribution >= 0.6 is 11.8 Å². The van der Waals surface area contributed by atoms with Crippen molar-refractivity contribution in [3.8, 4) is 0 Å². The van der Waals surface area contributed by atoms with Gasteiger partial charge in [-0.1, -0.05) is 34.5 Å². The van der Waals surface area contributed by atoms with E-state index in [0.717, 1.165) is 5.75 Å². The monoisotopic (exact) mass is 291 g/mol. The van der Waals surface area contributed by atoms with Gasteiger partial charge in [-0.3, -0.25) is 10.2 Å². The molecule has 3 N–H and O–H groups in total. The summed E-state index contributed by atoms with van der Waals surface area (Å²) in [5, 5.41) is 3.66. The van der Waals surface area contributed by atoms with Crippen molar-refractivity contribution in [2.75, 3.05) is 0 Å². The highest BCUT2D eigenvalue weighted by molar-refractivity contribution is 7.97. The Kier molecular flexibility index (Phi) is 4.81. The molecular formula is C14H17N3O2S. The predicted octanol–water partition coefficient (Wildman–Crippen LogP) is 2.33. The van der Waals surface area contributed by atoms with Crippen molar-refractivity contribution < 1.29 is 9.32 Å². The molecule has 20 heavy (non-hydrogen) atoms. The molecule has 1 amide bonds. The number of benzene rings is 1. The molecule has 0 radical (unpaired) electrons. The van der Waals surface area contributed by atoms with Gasteiger partial charge in [0.05, 0.1) is 5.75 Å². The molecule has 0 atom stereocenters. The number of hydrazine groups is 1. The second kappa shape index (κ2) is 6.58. The Morgan fingerprint density at radius 2 is 1.95 bits per heavy atom. The Bertz CT molecular complexity index is 590. The standard InChI is InChI=1S/C14H17N3O2S/c1-9-3-10(2)5-11(4-9)7-20-8-12-6-13(17-19-12)14(18)16-15/h3-6H,7-8,15H2,1-2H3,(H,16,18). The Labute approximate surface area is 121 Å². The largest absolute Gasteiger partial charge is 0.360 e. The fourth-order valence-corrected chi connectivity index (χ4v) is 2.83. The van der Waals surface area contributed by atoms with Crippen LogP contribution in [0.4, 0.5) is 0 Å². The van der Waals surface area contributed by atoms with Crippen LogP contribution in [0.15, 0.2) is 28.8 Å². The molecule has 1 aromatic heterocycles. The van der Waals surface area contributed by atoms with Crippen LogP contribution < -0.4 is 11.3 Å². The van der Waals surface area contributed by atoms with Gasteiger partial charge in [0.1, 0.15) is 5.76 Å². The molecule has 1 aromatic carbocycles. The smallest absolute Gasteiger partial charge is 0.287 e. The maximum absolute atomic E-state index is 11.2. The van der Waals surface area contributed by atoms with Crippen molar-refractivity contribution in [1.29, 1.82) is 0 Å². The zero-order valence-electron chi connectivity index (χ0n) is 11.5. The summed E-state index contributed by atoms with van der Waals surface area (Å²) in [7, 11) is 0. The number of carbonyl (C=O) groups excluding carboxylic acids is 1. The van der Waals surface area contributed by atoms with Crippen molar-refractivity contribution in [2.45, 2.75) is 25.4 Å². The van der Waals surface area contributed by atoms with Crippen molar-refractivity contribution in [3.05, 3.63) is 52.4 Å². The van der Waals surface area contributed by atoms with Crippen molar-refractivity contribution in [2.24, 2.45) is 5.84 Å². The minimum atomic E-state index is -0.445. The average Bonchev–Trinajstić information content (AvgIpc) is 2.85. The van der Waals surface area contributed by atoms with Crippen LogP contribution in [0.1, 0.15) is 32.9 Å². The number of hydrogen-bond donors (Lipinski definition) is 2. The third kappa shape index (κ3) is 3.85. The van der Waals surface area contributed by atoms with Gasteiger partial charge in [-0.2, -0.15) is 0 Å². The highest BCUT2D eigenvalue weighted by Gasteiger charge is 2.10. The first-order chi connectivity index (χ1) is 9.58. The summed E-state index contributed by atoms with van der Waals surface area (Å²) in [6.07, 6.45) is 0. The minimum Gasteiger partial charge on any atom is -0.360 e. The fraction of sp³-hybridized carbons (Fsp3) is 0.286. The van der Waals surface area contributed by atoms with Crippen LogP contribution in [0, 0.1) is 13.8 Å². The lowest BCUT2D eigenvalue weighted by Crippen LogP contribution is -2.30. The van der Waals surface area contributed by atoms with E-state index in [1.165, 1.54) is 16.7 Å². The molecule has 0 fully saturated rings. The average molecular weight is 291 g/mol. The Hall–Kier alpha value is -1.79. The van der Waals surface area contributed by atoms with Crippen LogP contribution in [-0.4, -0.2) is 11.1 Å². The summed E-state index contributed by atoms with van der Waals surface area (Å²) in [6, 6.07) is 8.11. The van der Waals surface area contributed by atoms with E-state index < -0.39 is 5.91 Å². The molecule has 0 unspecified atom stereocenters. The van der Waals surface area contributed by atoms with E-state index in [4.69, 9.17) is 10.4 Å². The molecule has 0 spiro atoms. The summed E-state index contributed by atoms with van der Waals surface area (Å²) in [4.78, 5) is 11.2. The Morgan fingerprint density at radius 1 is 1.25 bits per heavy atom. The fourth-order valence-electron chi connectivity index (χ4n) is 1.98. The summed E-state index contributed by atoms with van der Waals surface area (Å²) >= 11 is 1.71. The van der Waals surface area contributed by atoms with Gasteiger partial charge in [0, 0.05) is 11.8 Å². The van der Waals surface area contributed by atoms with Crippen LogP contribution in [0.25, 0.3) is 0 Å². The number of rotatable bonds is 5. The van der Waals surface area contributed by atoms with E-state index in [1.54, 1.807) is 17.8 Å². The van der Waals surface area contributed by atoms with Crippen molar-refractivity contribution >= 4 is 17.7 Å². The quantitative estimate of drug-likeness (QED) is 0.502.